The lowest BCUT2D eigenvalue weighted by Crippen LogP contribution is -2.51. The molecule has 1 fully saturated rings. The highest BCUT2D eigenvalue weighted by molar-refractivity contribution is 5.87. The average Bonchev–Trinajstić information content (AvgIpc) is 2.67. The van der Waals surface area contributed by atoms with Crippen molar-refractivity contribution in [1.29, 1.82) is 0 Å². The van der Waals surface area contributed by atoms with E-state index in [1.807, 2.05) is 35.2 Å². The maximum absolute atomic E-state index is 12.6. The summed E-state index contributed by atoms with van der Waals surface area (Å²) in [6.07, 6.45) is 0. The zero-order chi connectivity index (χ0) is 17.6. The van der Waals surface area contributed by atoms with Gasteiger partial charge >= 0.3 is 12.0 Å². The van der Waals surface area contributed by atoms with E-state index >= 15 is 0 Å². The molecule has 6 nitrogen and oxygen atoms in total. The van der Waals surface area contributed by atoms with Crippen LogP contribution in [0.4, 0.5) is 4.79 Å². The number of amides is 2. The fraction of sp³-hybridized carbons (Fsp3) is 0.263. The van der Waals surface area contributed by atoms with Crippen molar-refractivity contribution in [2.75, 3.05) is 19.6 Å². The second kappa shape index (κ2) is 7.81. The van der Waals surface area contributed by atoms with Crippen molar-refractivity contribution in [3.8, 4) is 0 Å². The third-order valence-corrected chi connectivity index (χ3v) is 4.33. The summed E-state index contributed by atoms with van der Waals surface area (Å²) in [7, 11) is 0. The molecule has 3 rings (SSSR count). The molecule has 1 heterocycles. The summed E-state index contributed by atoms with van der Waals surface area (Å²) in [4.78, 5) is 25.3. The number of urea groups is 1. The number of benzene rings is 2. The molecular weight excluding hydrogens is 318 g/mol. The molecule has 1 unspecified atom stereocenters. The van der Waals surface area contributed by atoms with Crippen molar-refractivity contribution in [3.63, 3.8) is 0 Å². The van der Waals surface area contributed by atoms with Crippen LogP contribution >= 0.6 is 0 Å². The van der Waals surface area contributed by atoms with Crippen LogP contribution < -0.4 is 10.6 Å². The zero-order valence-electron chi connectivity index (χ0n) is 13.8. The number of nitrogens with zero attached hydrogens (tertiary/aromatic N) is 1. The van der Waals surface area contributed by atoms with Crippen LogP contribution in [0.25, 0.3) is 0 Å². The Morgan fingerprint density at radius 1 is 1.12 bits per heavy atom. The molecule has 0 bridgehead atoms. The highest BCUT2D eigenvalue weighted by Gasteiger charge is 2.27. The minimum Gasteiger partial charge on any atom is -0.478 e. The molecule has 2 aromatic rings. The maximum Gasteiger partial charge on any atom is 0.335 e. The normalized spacial score (nSPS) is 17.1. The molecule has 2 amide bonds. The fourth-order valence-electron chi connectivity index (χ4n) is 2.96. The second-order valence-electron chi connectivity index (χ2n) is 5.98. The standard InChI is InChI=1S/C19H21N3O3/c23-18(24)16-8-6-14(7-9-16)12-21-19(25)22-11-10-20-13-17(22)15-4-2-1-3-5-15/h1-9,17,20H,10-13H2,(H,21,25)(H,23,24). The number of rotatable bonds is 4. The van der Waals surface area contributed by atoms with Crippen molar-refractivity contribution < 1.29 is 14.7 Å². The van der Waals surface area contributed by atoms with E-state index in [2.05, 4.69) is 10.6 Å². The molecule has 0 aromatic heterocycles. The monoisotopic (exact) mass is 339 g/mol. The highest BCUT2D eigenvalue weighted by Crippen LogP contribution is 2.22. The SMILES string of the molecule is O=C(O)c1ccc(CNC(=O)N2CCNCC2c2ccccc2)cc1. The molecule has 1 aliphatic heterocycles. The maximum atomic E-state index is 12.6. The number of aromatic carboxylic acids is 1. The molecule has 130 valence electrons. The van der Waals surface area contributed by atoms with Gasteiger partial charge in [0.1, 0.15) is 0 Å². The molecule has 0 aliphatic carbocycles. The Morgan fingerprint density at radius 3 is 2.52 bits per heavy atom. The minimum atomic E-state index is -0.956. The Morgan fingerprint density at radius 2 is 1.84 bits per heavy atom. The van der Waals surface area contributed by atoms with Gasteiger partial charge in [0.05, 0.1) is 11.6 Å². The van der Waals surface area contributed by atoms with Gasteiger partial charge in [0.2, 0.25) is 0 Å². The first-order valence-corrected chi connectivity index (χ1v) is 8.27. The van der Waals surface area contributed by atoms with E-state index in [9.17, 15) is 9.59 Å². The molecule has 1 atom stereocenters. The predicted octanol–water partition coefficient (Wildman–Crippen LogP) is 2.24. The van der Waals surface area contributed by atoms with Crippen LogP contribution in [0.15, 0.2) is 54.6 Å². The lowest BCUT2D eigenvalue weighted by Gasteiger charge is -2.36. The largest absolute Gasteiger partial charge is 0.478 e. The van der Waals surface area contributed by atoms with Crippen LogP contribution in [-0.2, 0) is 6.54 Å². The third kappa shape index (κ3) is 4.16. The molecule has 0 spiro atoms. The van der Waals surface area contributed by atoms with Crippen molar-refractivity contribution in [3.05, 3.63) is 71.3 Å². The van der Waals surface area contributed by atoms with Crippen molar-refractivity contribution >= 4 is 12.0 Å². The number of piperazine rings is 1. The van der Waals surface area contributed by atoms with E-state index in [4.69, 9.17) is 5.11 Å². The third-order valence-electron chi connectivity index (χ3n) is 4.33. The van der Waals surface area contributed by atoms with Crippen LogP contribution in [0.2, 0.25) is 0 Å². The molecule has 25 heavy (non-hydrogen) atoms. The van der Waals surface area contributed by atoms with E-state index in [1.165, 1.54) is 0 Å². The fourth-order valence-corrected chi connectivity index (χ4v) is 2.96. The Balaban J connectivity index is 1.63. The van der Waals surface area contributed by atoms with E-state index in [1.54, 1.807) is 24.3 Å². The van der Waals surface area contributed by atoms with Gasteiger partial charge in [0.25, 0.3) is 0 Å². The predicted molar refractivity (Wildman–Crippen MR) is 94.4 cm³/mol. The van der Waals surface area contributed by atoms with Gasteiger partial charge in [-0.1, -0.05) is 42.5 Å². The average molecular weight is 339 g/mol. The molecule has 0 saturated carbocycles. The van der Waals surface area contributed by atoms with Crippen LogP contribution in [0.5, 0.6) is 0 Å². The lowest BCUT2D eigenvalue weighted by atomic mass is 10.0. The molecule has 6 heteroatoms. The first-order valence-electron chi connectivity index (χ1n) is 8.27. The summed E-state index contributed by atoms with van der Waals surface area (Å²) >= 11 is 0. The number of carboxylic acid groups (broad SMARTS) is 1. The van der Waals surface area contributed by atoms with E-state index in [0.29, 0.717) is 13.1 Å². The summed E-state index contributed by atoms with van der Waals surface area (Å²) < 4.78 is 0. The van der Waals surface area contributed by atoms with Crippen LogP contribution in [0, 0.1) is 0 Å². The molecular formula is C19H21N3O3. The summed E-state index contributed by atoms with van der Waals surface area (Å²) in [5.41, 5.74) is 2.21. The molecule has 1 saturated heterocycles. The van der Waals surface area contributed by atoms with Gasteiger partial charge in [-0.25, -0.2) is 9.59 Å². The molecule has 3 N–H and O–H groups in total. The van der Waals surface area contributed by atoms with Crippen molar-refractivity contribution in [1.82, 2.24) is 15.5 Å². The Bertz CT molecular complexity index is 731. The summed E-state index contributed by atoms with van der Waals surface area (Å²) in [5, 5.41) is 15.2. The Labute approximate surface area is 146 Å². The topological polar surface area (TPSA) is 81.7 Å². The first-order chi connectivity index (χ1) is 12.1. The minimum absolute atomic E-state index is 0.00402. The van der Waals surface area contributed by atoms with E-state index in [-0.39, 0.29) is 17.6 Å². The molecule has 0 radical (unpaired) electrons. The first kappa shape index (κ1) is 17.0. The number of hydrogen-bond acceptors (Lipinski definition) is 3. The smallest absolute Gasteiger partial charge is 0.335 e. The Kier molecular flexibility index (Phi) is 5.30. The zero-order valence-corrected chi connectivity index (χ0v) is 13.8. The highest BCUT2D eigenvalue weighted by atomic mass is 16.4. The Hall–Kier alpha value is -2.86. The number of nitrogens with one attached hydrogen (secondary N) is 2. The van der Waals surface area contributed by atoms with Gasteiger partial charge in [-0.2, -0.15) is 0 Å². The van der Waals surface area contributed by atoms with E-state index < -0.39 is 5.97 Å². The van der Waals surface area contributed by atoms with Crippen molar-refractivity contribution in [2.45, 2.75) is 12.6 Å². The number of carbonyl (C=O) groups excluding carboxylic acids is 1. The summed E-state index contributed by atoms with van der Waals surface area (Å²) in [6.45, 7) is 2.50. The molecule has 2 aromatic carbocycles. The van der Waals surface area contributed by atoms with Gasteiger partial charge in [-0.3, -0.25) is 0 Å². The van der Waals surface area contributed by atoms with Gasteiger partial charge in [0, 0.05) is 26.2 Å². The van der Waals surface area contributed by atoms with Gasteiger partial charge in [-0.15, -0.1) is 0 Å². The van der Waals surface area contributed by atoms with Gasteiger partial charge in [0.15, 0.2) is 0 Å². The lowest BCUT2D eigenvalue weighted by molar-refractivity contribution is 0.0697. The second-order valence-corrected chi connectivity index (χ2v) is 5.98. The van der Waals surface area contributed by atoms with Crippen LogP contribution in [-0.4, -0.2) is 41.6 Å². The van der Waals surface area contributed by atoms with E-state index in [0.717, 1.165) is 24.2 Å². The molecule has 1 aliphatic rings. The van der Waals surface area contributed by atoms with Crippen molar-refractivity contribution in [2.24, 2.45) is 0 Å². The number of hydrogen-bond donors (Lipinski definition) is 3. The quantitative estimate of drug-likeness (QED) is 0.798. The summed E-state index contributed by atoms with van der Waals surface area (Å²) in [6, 6.07) is 16.4. The number of carbonyl (C=O) groups is 2. The van der Waals surface area contributed by atoms with Crippen LogP contribution in [0.1, 0.15) is 27.5 Å². The van der Waals surface area contributed by atoms with Gasteiger partial charge in [-0.05, 0) is 23.3 Å². The number of carboxylic acids is 1. The van der Waals surface area contributed by atoms with Crippen LogP contribution in [0.3, 0.4) is 0 Å². The van der Waals surface area contributed by atoms with Gasteiger partial charge < -0.3 is 20.6 Å². The summed E-state index contributed by atoms with van der Waals surface area (Å²) in [5.74, 6) is -0.956.